The van der Waals surface area contributed by atoms with E-state index >= 15 is 0 Å². The number of halogens is 4. The summed E-state index contributed by atoms with van der Waals surface area (Å²) in [4.78, 5) is 0. The van der Waals surface area contributed by atoms with Crippen LogP contribution in [0, 0.1) is 0 Å². The minimum absolute atomic E-state index is 2.45. The van der Waals surface area contributed by atoms with Gasteiger partial charge in [0.05, 0.1) is 0 Å². The van der Waals surface area contributed by atoms with Gasteiger partial charge in [-0.15, -0.1) is 0 Å². The molecule has 0 aliphatic carbocycles. The van der Waals surface area contributed by atoms with Gasteiger partial charge in [0.2, 0.25) is 0 Å². The molecule has 7 heteroatoms. The van der Waals surface area contributed by atoms with Crippen molar-refractivity contribution in [3.8, 4) is 0 Å². The maximum atomic E-state index is 11.4. The van der Waals surface area contributed by atoms with Crippen LogP contribution in [-0.2, 0) is 7.39 Å². The van der Waals surface area contributed by atoms with Gasteiger partial charge in [-0.1, -0.05) is 0 Å². The Kier molecular flexibility index (Phi) is 3.34. The first-order valence-electron chi connectivity index (χ1n) is 0.928. The predicted molar refractivity (Wildman–Crippen MR) is 38.8 cm³/mol. The molecule has 0 aromatic heterocycles. The van der Waals surface area contributed by atoms with Crippen LogP contribution in [0.25, 0.3) is 0 Å². The molecule has 0 radical (unpaired) electrons. The maximum absolute atomic E-state index is 11.4. The van der Waals surface area contributed by atoms with Crippen molar-refractivity contribution in [2.75, 3.05) is 0 Å². The van der Waals surface area contributed by atoms with Gasteiger partial charge in [0.15, 0.2) is 0 Å². The molecular weight excluding hydrogens is 325 g/mol. The van der Waals surface area contributed by atoms with Crippen LogP contribution < -0.4 is 0 Å². The van der Waals surface area contributed by atoms with Gasteiger partial charge in [-0.25, -0.2) is 0 Å². The molecule has 0 bridgehead atoms. The van der Waals surface area contributed by atoms with Crippen LogP contribution in [0.5, 0.6) is 0 Å². The van der Waals surface area contributed by atoms with Crippen LogP contribution >= 0.6 is 36.7 Å². The van der Waals surface area contributed by atoms with Crippen molar-refractivity contribution >= 4 is 44.1 Å². The average molecular weight is 325 g/mol. The van der Waals surface area contributed by atoms with Crippen molar-refractivity contribution < 1.29 is 12.3 Å². The zero-order valence-electron chi connectivity index (χ0n) is 2.74. The molecule has 0 aliphatic heterocycles. The van der Waals surface area contributed by atoms with E-state index in [9.17, 15) is 12.3 Å². The Morgan fingerprint density at radius 1 is 1.71 bits per heavy atom. The monoisotopic (exact) mass is 324 g/mol. The molecule has 2 nitrogen and oxygen atoms in total. The van der Waals surface area contributed by atoms with Crippen molar-refractivity contribution in [3.63, 3.8) is 0 Å². The Labute approximate surface area is 55.9 Å². The third-order valence-corrected chi connectivity index (χ3v) is 11.5. The number of hydrogen-bond donors (Lipinski definition) is 0. The molecule has 0 saturated heterocycles. The average Bonchev–Trinajstić information content (AvgIpc) is 1.31. The summed E-state index contributed by atoms with van der Waals surface area (Å²) in [6, 6.07) is 0. The third kappa shape index (κ3) is 3.92. The fraction of sp³-hybridized carbons (Fsp3) is 0. The first-order chi connectivity index (χ1) is 2.94. The van der Waals surface area contributed by atoms with E-state index < -0.39 is 22.5 Å². The summed E-state index contributed by atoms with van der Waals surface area (Å²) in [6.45, 7) is 0. The Morgan fingerprint density at radius 2 is 1.86 bits per heavy atom. The molecule has 0 atom stereocenters. The second-order valence-electron chi connectivity index (χ2n) is 0.549. The fourth-order valence-electron chi connectivity index (χ4n) is 0. The topological polar surface area (TPSA) is 34.1 Å². The van der Waals surface area contributed by atoms with Crippen LogP contribution in [0.3, 0.4) is 0 Å². The molecule has 0 aliphatic rings. The zero-order valence-corrected chi connectivity index (χ0v) is 8.05. The van der Waals surface area contributed by atoms with E-state index in [2.05, 4.69) is 12.7 Å². The predicted octanol–water partition coefficient (Wildman–Crippen LogP) is 2.17. The Bertz CT molecular complexity index is 140. The molecule has 46 valence electrons. The van der Waals surface area contributed by atoms with E-state index in [4.69, 9.17) is 8.91 Å². The summed E-state index contributed by atoms with van der Waals surface area (Å²) in [5.74, 6) is 0. The molecule has 0 fully saturated rings. The summed E-state index contributed by atoms with van der Waals surface area (Å²) in [6.07, 6.45) is 0. The van der Waals surface area contributed by atoms with E-state index in [1.807, 2.05) is 0 Å². The summed E-state index contributed by atoms with van der Waals surface area (Å²) < 4.78 is 30.5. The van der Waals surface area contributed by atoms with Gasteiger partial charge in [0, 0.05) is 0 Å². The summed E-state index contributed by atoms with van der Waals surface area (Å²) in [5, 5.41) is 0. The second-order valence-corrected chi connectivity index (χ2v) is 19.6. The number of rotatable bonds is 1. The molecule has 0 aromatic rings. The normalized spacial score (nSPS) is 13.9. The van der Waals surface area contributed by atoms with Gasteiger partial charge >= 0.3 is 56.4 Å². The second kappa shape index (κ2) is 2.79. The van der Waals surface area contributed by atoms with Crippen molar-refractivity contribution in [1.82, 2.24) is 0 Å². The summed E-state index contributed by atoms with van der Waals surface area (Å²) in [7, 11) is 0.462. The molecule has 0 amide bonds. The molecule has 0 saturated carbocycles. The van der Waals surface area contributed by atoms with Gasteiger partial charge < -0.3 is 0 Å². The van der Waals surface area contributed by atoms with Gasteiger partial charge in [-0.05, 0) is 0 Å². The van der Waals surface area contributed by atoms with Crippen LogP contribution in [-0.4, -0.2) is 8.42 Å². The third-order valence-electron chi connectivity index (χ3n) is 0.139. The van der Waals surface area contributed by atoms with Crippen molar-refractivity contribution in [2.24, 2.45) is 0 Å². The van der Waals surface area contributed by atoms with Crippen LogP contribution in [0.1, 0.15) is 0 Å². The molecule has 0 N–H and O–H groups in total. The van der Waals surface area contributed by atoms with Crippen LogP contribution in [0.15, 0.2) is 0 Å². The van der Waals surface area contributed by atoms with Crippen LogP contribution in [0.2, 0.25) is 0 Å². The Morgan fingerprint density at radius 3 is 1.86 bits per heavy atom. The van der Waals surface area contributed by atoms with Gasteiger partial charge in [0.1, 0.15) is 0 Å². The van der Waals surface area contributed by atoms with Crippen LogP contribution in [0.4, 0.5) is 3.89 Å². The standard InChI is InChI=1S/BrClFIO2S/c1-4(2)7(3,5)6. The Balaban J connectivity index is 4.10. The Hall–Kier alpha value is 1.38. The van der Waals surface area contributed by atoms with Gasteiger partial charge in [0.25, 0.3) is 0 Å². The van der Waals surface area contributed by atoms with Crippen molar-refractivity contribution in [1.29, 1.82) is 0 Å². The van der Waals surface area contributed by atoms with Crippen molar-refractivity contribution in [3.05, 3.63) is 0 Å². The first-order valence-corrected chi connectivity index (χ1v) is 12.4. The molecule has 0 rings (SSSR count). The van der Waals surface area contributed by atoms with E-state index in [1.54, 1.807) is 0 Å². The fourth-order valence-corrected chi connectivity index (χ4v) is 0. The van der Waals surface area contributed by atoms with E-state index in [1.165, 1.54) is 0 Å². The van der Waals surface area contributed by atoms with Crippen molar-refractivity contribution in [2.45, 2.75) is 0 Å². The molecule has 0 unspecified atom stereocenters. The molecule has 7 heavy (non-hydrogen) atoms. The molecule has 0 aromatic carbocycles. The quantitative estimate of drug-likeness (QED) is 0.547. The van der Waals surface area contributed by atoms with E-state index in [-0.39, 0.29) is 0 Å². The van der Waals surface area contributed by atoms with Gasteiger partial charge in [-0.3, -0.25) is 0 Å². The van der Waals surface area contributed by atoms with E-state index in [0.29, 0.717) is 0 Å². The summed E-state index contributed by atoms with van der Waals surface area (Å²) in [5.41, 5.74) is 0. The van der Waals surface area contributed by atoms with E-state index in [0.717, 1.165) is 0 Å². The molecule has 0 heterocycles. The first kappa shape index (κ1) is 8.38. The number of hydrogen-bond acceptors (Lipinski definition) is 2. The van der Waals surface area contributed by atoms with Gasteiger partial charge in [-0.2, -0.15) is 0 Å². The molecular formula is BrClFIO2S. The zero-order chi connectivity index (χ0) is 6.08. The SMILES string of the molecule is O=S(=O)(F)I(Cl)Br. The minimum atomic E-state index is -4.40. The summed E-state index contributed by atoms with van der Waals surface area (Å²) >= 11 is -0.463. The molecule has 0 spiro atoms.